The van der Waals surface area contributed by atoms with Crippen LogP contribution in [0.25, 0.3) is 0 Å². The van der Waals surface area contributed by atoms with Crippen molar-refractivity contribution in [2.45, 2.75) is 78.3 Å². The fraction of sp³-hybridized carbons (Fsp3) is 0.556. The third-order valence-electron chi connectivity index (χ3n) is 5.89. The van der Waals surface area contributed by atoms with Crippen LogP contribution in [-0.4, -0.2) is 39.3 Å². The lowest BCUT2D eigenvalue weighted by Gasteiger charge is -2.28. The molecular weight excluding hydrogens is 398 g/mol. The molecule has 0 radical (unpaired) electrons. The van der Waals surface area contributed by atoms with Crippen molar-refractivity contribution < 1.29 is 9.59 Å². The first-order valence-electron chi connectivity index (χ1n) is 12.2. The highest BCUT2D eigenvalue weighted by Gasteiger charge is 2.21. The Morgan fingerprint density at radius 1 is 0.781 bits per heavy atom. The first-order chi connectivity index (χ1) is 15.5. The van der Waals surface area contributed by atoms with E-state index in [4.69, 9.17) is 0 Å². The number of benzene rings is 1. The van der Waals surface area contributed by atoms with Crippen molar-refractivity contribution in [2.24, 2.45) is 7.05 Å². The average Bonchev–Trinajstić information content (AvgIpc) is 3.20. The number of carbonyl (C=O) groups excluding carboxylic acids is 2. The van der Waals surface area contributed by atoms with Gasteiger partial charge in [-0.3, -0.25) is 9.59 Å². The van der Waals surface area contributed by atoms with Gasteiger partial charge in [-0.15, -0.1) is 0 Å². The van der Waals surface area contributed by atoms with E-state index >= 15 is 0 Å². The molecule has 2 rings (SSSR count). The van der Waals surface area contributed by atoms with Crippen molar-refractivity contribution in [3.05, 3.63) is 59.9 Å². The minimum Gasteiger partial charge on any atom is -0.353 e. The van der Waals surface area contributed by atoms with E-state index in [2.05, 4.69) is 13.8 Å². The molecule has 0 unspecified atom stereocenters. The van der Waals surface area contributed by atoms with E-state index in [1.807, 2.05) is 65.2 Å². The van der Waals surface area contributed by atoms with E-state index in [1.165, 1.54) is 25.7 Å². The van der Waals surface area contributed by atoms with Crippen LogP contribution in [0, 0.1) is 0 Å². The van der Waals surface area contributed by atoms with E-state index in [9.17, 15) is 9.59 Å². The molecule has 0 saturated heterocycles. The summed E-state index contributed by atoms with van der Waals surface area (Å²) in [6.07, 6.45) is 10.3. The Balaban J connectivity index is 2.00. The molecule has 0 N–H and O–H groups in total. The zero-order chi connectivity index (χ0) is 23.2. The van der Waals surface area contributed by atoms with Gasteiger partial charge in [0.1, 0.15) is 0 Å². The van der Waals surface area contributed by atoms with Gasteiger partial charge in [-0.2, -0.15) is 0 Å². The summed E-state index contributed by atoms with van der Waals surface area (Å²) in [5.41, 5.74) is 2.17. The number of hydrogen-bond acceptors (Lipinski definition) is 2. The van der Waals surface area contributed by atoms with Crippen LogP contribution in [0.5, 0.6) is 0 Å². The SMILES string of the molecule is CCCCCCCCC(=O)N(CCC)CC(=O)N(Cc1ccccc1)Cc1cccn1C. The molecule has 5 heteroatoms. The van der Waals surface area contributed by atoms with Crippen molar-refractivity contribution in [1.82, 2.24) is 14.4 Å². The van der Waals surface area contributed by atoms with E-state index < -0.39 is 0 Å². The molecule has 0 aliphatic rings. The molecule has 0 atom stereocenters. The van der Waals surface area contributed by atoms with Crippen LogP contribution in [0.4, 0.5) is 0 Å². The summed E-state index contributed by atoms with van der Waals surface area (Å²) in [5, 5.41) is 0. The maximum absolute atomic E-state index is 13.3. The zero-order valence-electron chi connectivity index (χ0n) is 20.3. The molecule has 0 spiro atoms. The van der Waals surface area contributed by atoms with Gasteiger partial charge in [-0.25, -0.2) is 0 Å². The first-order valence-corrected chi connectivity index (χ1v) is 12.2. The number of carbonyl (C=O) groups is 2. The highest BCUT2D eigenvalue weighted by Crippen LogP contribution is 2.13. The highest BCUT2D eigenvalue weighted by atomic mass is 16.2. The Bertz CT molecular complexity index is 800. The van der Waals surface area contributed by atoms with Crippen molar-refractivity contribution in [3.63, 3.8) is 0 Å². The Morgan fingerprint density at radius 3 is 2.16 bits per heavy atom. The molecule has 0 bridgehead atoms. The number of nitrogens with zero attached hydrogens (tertiary/aromatic N) is 3. The summed E-state index contributed by atoms with van der Waals surface area (Å²) in [5.74, 6) is 0.106. The Kier molecular flexibility index (Phi) is 11.6. The molecule has 1 aromatic heterocycles. The molecule has 1 heterocycles. The van der Waals surface area contributed by atoms with Crippen LogP contribution in [-0.2, 0) is 29.7 Å². The molecule has 2 amide bonds. The molecule has 2 aromatic rings. The molecular formula is C27H41N3O2. The lowest BCUT2D eigenvalue weighted by molar-refractivity contribution is -0.141. The van der Waals surface area contributed by atoms with Gasteiger partial charge >= 0.3 is 0 Å². The van der Waals surface area contributed by atoms with Gasteiger partial charge < -0.3 is 14.4 Å². The fourth-order valence-electron chi connectivity index (χ4n) is 3.93. The van der Waals surface area contributed by atoms with Crippen molar-refractivity contribution in [3.8, 4) is 0 Å². The predicted octanol–water partition coefficient (Wildman–Crippen LogP) is 5.54. The predicted molar refractivity (Wildman–Crippen MR) is 131 cm³/mol. The molecule has 0 saturated carbocycles. The van der Waals surface area contributed by atoms with E-state index in [1.54, 1.807) is 4.90 Å². The molecule has 0 fully saturated rings. The fourth-order valence-corrected chi connectivity index (χ4v) is 3.93. The van der Waals surface area contributed by atoms with Gasteiger partial charge in [-0.1, -0.05) is 76.3 Å². The highest BCUT2D eigenvalue weighted by molar-refractivity contribution is 5.84. The number of unbranched alkanes of at least 4 members (excludes halogenated alkanes) is 5. The summed E-state index contributed by atoms with van der Waals surface area (Å²) in [6, 6.07) is 14.1. The van der Waals surface area contributed by atoms with Gasteiger partial charge in [0.15, 0.2) is 0 Å². The molecule has 176 valence electrons. The quantitative estimate of drug-likeness (QED) is 0.342. The Hall–Kier alpha value is -2.56. The zero-order valence-corrected chi connectivity index (χ0v) is 20.3. The average molecular weight is 440 g/mol. The lowest BCUT2D eigenvalue weighted by atomic mass is 10.1. The molecule has 1 aromatic carbocycles. The largest absolute Gasteiger partial charge is 0.353 e. The third-order valence-corrected chi connectivity index (χ3v) is 5.89. The number of aromatic nitrogens is 1. The van der Waals surface area contributed by atoms with Gasteiger partial charge in [0, 0.05) is 38.4 Å². The standard InChI is InChI=1S/C27H41N3O2/c1-4-6-7-8-9-13-18-26(31)29(19-5-2)23-27(32)30(21-24-15-11-10-12-16-24)22-25-17-14-20-28(25)3/h10-12,14-17,20H,4-9,13,18-19,21-23H2,1-3H3. The summed E-state index contributed by atoms with van der Waals surface area (Å²) in [6.45, 7) is 6.12. The summed E-state index contributed by atoms with van der Waals surface area (Å²) in [4.78, 5) is 29.8. The number of aryl methyl sites for hydroxylation is 1. The summed E-state index contributed by atoms with van der Waals surface area (Å²) < 4.78 is 2.04. The van der Waals surface area contributed by atoms with Crippen molar-refractivity contribution in [2.75, 3.05) is 13.1 Å². The van der Waals surface area contributed by atoms with Crippen LogP contribution in [0.15, 0.2) is 48.7 Å². The maximum Gasteiger partial charge on any atom is 0.242 e. The Labute approximate surface area is 194 Å². The summed E-state index contributed by atoms with van der Waals surface area (Å²) in [7, 11) is 1.99. The van der Waals surface area contributed by atoms with Crippen LogP contribution in [0.2, 0.25) is 0 Å². The molecule has 0 aliphatic carbocycles. The van der Waals surface area contributed by atoms with Gasteiger partial charge in [0.05, 0.1) is 13.1 Å². The molecule has 5 nitrogen and oxygen atoms in total. The van der Waals surface area contributed by atoms with E-state index in [-0.39, 0.29) is 18.4 Å². The molecule has 32 heavy (non-hydrogen) atoms. The van der Waals surface area contributed by atoms with Crippen molar-refractivity contribution >= 4 is 11.8 Å². The molecule has 0 aliphatic heterocycles. The second kappa shape index (κ2) is 14.5. The second-order valence-corrected chi connectivity index (χ2v) is 8.68. The van der Waals surface area contributed by atoms with Crippen LogP contribution in [0.1, 0.15) is 76.5 Å². The van der Waals surface area contributed by atoms with Gasteiger partial charge in [0.25, 0.3) is 0 Å². The smallest absolute Gasteiger partial charge is 0.242 e. The van der Waals surface area contributed by atoms with Crippen molar-refractivity contribution in [1.29, 1.82) is 0 Å². The van der Waals surface area contributed by atoms with Crippen LogP contribution >= 0.6 is 0 Å². The lowest BCUT2D eigenvalue weighted by Crippen LogP contribution is -2.43. The number of amides is 2. The van der Waals surface area contributed by atoms with E-state index in [0.717, 1.165) is 30.5 Å². The van der Waals surface area contributed by atoms with Gasteiger partial charge in [-0.05, 0) is 30.5 Å². The minimum atomic E-state index is -0.000186. The second-order valence-electron chi connectivity index (χ2n) is 8.68. The normalized spacial score (nSPS) is 10.8. The third kappa shape index (κ3) is 8.89. The van der Waals surface area contributed by atoms with Gasteiger partial charge in [0.2, 0.25) is 11.8 Å². The number of hydrogen-bond donors (Lipinski definition) is 0. The topological polar surface area (TPSA) is 45.6 Å². The first kappa shape index (κ1) is 25.7. The maximum atomic E-state index is 13.3. The van der Waals surface area contributed by atoms with Crippen LogP contribution in [0.3, 0.4) is 0 Å². The monoisotopic (exact) mass is 439 g/mol. The van der Waals surface area contributed by atoms with Crippen LogP contribution < -0.4 is 0 Å². The van der Waals surface area contributed by atoms with E-state index in [0.29, 0.717) is 26.1 Å². The minimum absolute atomic E-state index is 0.000186. The number of rotatable bonds is 15. The summed E-state index contributed by atoms with van der Waals surface area (Å²) >= 11 is 0. The Morgan fingerprint density at radius 2 is 1.50 bits per heavy atom.